The average molecular weight is 397 g/mol. The van der Waals surface area contributed by atoms with E-state index in [9.17, 15) is 17.6 Å². The van der Waals surface area contributed by atoms with Crippen molar-refractivity contribution in [2.24, 2.45) is 0 Å². The summed E-state index contributed by atoms with van der Waals surface area (Å²) in [5.74, 6) is -0.748. The lowest BCUT2D eigenvalue weighted by molar-refractivity contribution is 0.0954. The summed E-state index contributed by atoms with van der Waals surface area (Å²) in [5.41, 5.74) is 1.05. The molecule has 0 heterocycles. The molecule has 0 aliphatic rings. The van der Waals surface area contributed by atoms with E-state index in [0.29, 0.717) is 13.0 Å². The van der Waals surface area contributed by atoms with Crippen molar-refractivity contribution in [2.75, 3.05) is 13.1 Å². The molecular weight excluding hydrogens is 379 g/mol. The fraction of sp³-hybridized carbons (Fsp3) is 0.167. The van der Waals surface area contributed by atoms with E-state index in [1.807, 2.05) is 0 Å². The molecule has 1 amide bonds. The second-order valence-electron chi connectivity index (χ2n) is 5.42. The summed E-state index contributed by atoms with van der Waals surface area (Å²) < 4.78 is 39.6. The maximum absolute atomic E-state index is 12.9. The van der Waals surface area contributed by atoms with E-state index >= 15 is 0 Å². The molecule has 0 radical (unpaired) electrons. The van der Waals surface area contributed by atoms with E-state index in [4.69, 9.17) is 11.6 Å². The third kappa shape index (κ3) is 5.39. The Morgan fingerprint density at radius 2 is 1.88 bits per heavy atom. The van der Waals surface area contributed by atoms with E-state index in [2.05, 4.69) is 16.6 Å². The van der Waals surface area contributed by atoms with Crippen molar-refractivity contribution < 1.29 is 17.6 Å². The number of rotatable bonds is 8. The van der Waals surface area contributed by atoms with Crippen LogP contribution in [-0.4, -0.2) is 27.4 Å². The molecule has 0 saturated heterocycles. The molecule has 0 unspecified atom stereocenters. The molecule has 2 rings (SSSR count). The van der Waals surface area contributed by atoms with Gasteiger partial charge in [0.1, 0.15) is 10.7 Å². The second-order valence-corrected chi connectivity index (χ2v) is 7.56. The van der Waals surface area contributed by atoms with Gasteiger partial charge in [-0.05, 0) is 42.3 Å². The molecule has 0 aromatic heterocycles. The zero-order valence-electron chi connectivity index (χ0n) is 13.8. The van der Waals surface area contributed by atoms with Crippen LogP contribution < -0.4 is 10.0 Å². The Kier molecular flexibility index (Phi) is 6.90. The standard InChI is InChI=1S/C18H18ClFN2O3S/c1-2-10-22-26(24,25)17-12-14(5-8-16(17)19)18(23)21-11-9-13-3-6-15(20)7-4-13/h2-8,12,22H,1,9-11H2,(H,21,23). The van der Waals surface area contributed by atoms with Crippen molar-refractivity contribution >= 4 is 27.5 Å². The number of hydrogen-bond donors (Lipinski definition) is 2. The first-order valence-corrected chi connectivity index (χ1v) is 9.62. The van der Waals surface area contributed by atoms with Gasteiger partial charge >= 0.3 is 0 Å². The second kappa shape index (κ2) is 8.93. The van der Waals surface area contributed by atoms with E-state index in [-0.39, 0.29) is 27.8 Å². The minimum absolute atomic E-state index is 0.0180. The quantitative estimate of drug-likeness (QED) is 0.674. The smallest absolute Gasteiger partial charge is 0.251 e. The zero-order chi connectivity index (χ0) is 19.2. The lowest BCUT2D eigenvalue weighted by atomic mass is 10.1. The summed E-state index contributed by atoms with van der Waals surface area (Å²) in [4.78, 5) is 12.1. The van der Waals surface area contributed by atoms with Gasteiger partial charge in [-0.25, -0.2) is 17.5 Å². The van der Waals surface area contributed by atoms with Gasteiger partial charge in [-0.1, -0.05) is 29.8 Å². The molecule has 0 atom stereocenters. The summed E-state index contributed by atoms with van der Waals surface area (Å²) in [7, 11) is -3.85. The summed E-state index contributed by atoms with van der Waals surface area (Å²) >= 11 is 5.95. The Labute approximate surface area is 156 Å². The molecule has 5 nitrogen and oxygen atoms in total. The van der Waals surface area contributed by atoms with Crippen molar-refractivity contribution in [3.8, 4) is 0 Å². The van der Waals surface area contributed by atoms with Crippen molar-refractivity contribution in [2.45, 2.75) is 11.3 Å². The summed E-state index contributed by atoms with van der Waals surface area (Å²) in [6.07, 6.45) is 1.92. The van der Waals surface area contributed by atoms with Crippen molar-refractivity contribution in [3.05, 3.63) is 77.1 Å². The van der Waals surface area contributed by atoms with E-state index in [1.165, 1.54) is 36.4 Å². The minimum Gasteiger partial charge on any atom is -0.352 e. The lowest BCUT2D eigenvalue weighted by Gasteiger charge is -2.10. The van der Waals surface area contributed by atoms with Crippen LogP contribution in [0.15, 0.2) is 60.0 Å². The molecule has 2 N–H and O–H groups in total. The molecule has 0 aliphatic carbocycles. The van der Waals surface area contributed by atoms with Gasteiger partial charge in [0.05, 0.1) is 5.02 Å². The van der Waals surface area contributed by atoms with E-state index < -0.39 is 15.9 Å². The SMILES string of the molecule is C=CCNS(=O)(=O)c1cc(C(=O)NCCc2ccc(F)cc2)ccc1Cl. The Morgan fingerprint density at radius 1 is 1.19 bits per heavy atom. The number of nitrogens with one attached hydrogen (secondary N) is 2. The normalized spacial score (nSPS) is 11.2. The van der Waals surface area contributed by atoms with Crippen LogP contribution in [0, 0.1) is 5.82 Å². The van der Waals surface area contributed by atoms with Crippen molar-refractivity contribution in [1.82, 2.24) is 10.0 Å². The molecule has 0 saturated carbocycles. The third-order valence-electron chi connectivity index (χ3n) is 3.51. The largest absolute Gasteiger partial charge is 0.352 e. The van der Waals surface area contributed by atoms with Gasteiger partial charge in [0.25, 0.3) is 5.91 Å². The predicted octanol–water partition coefficient (Wildman–Crippen LogP) is 2.92. The van der Waals surface area contributed by atoms with Gasteiger partial charge in [-0.2, -0.15) is 0 Å². The van der Waals surface area contributed by atoms with Crippen LogP contribution >= 0.6 is 11.6 Å². The van der Waals surface area contributed by atoms with Crippen LogP contribution in [-0.2, 0) is 16.4 Å². The van der Waals surface area contributed by atoms with Crippen molar-refractivity contribution in [3.63, 3.8) is 0 Å². The van der Waals surface area contributed by atoms with Crippen LogP contribution in [0.25, 0.3) is 0 Å². The summed E-state index contributed by atoms with van der Waals surface area (Å²) in [6, 6.07) is 10.0. The highest BCUT2D eigenvalue weighted by Crippen LogP contribution is 2.22. The Morgan fingerprint density at radius 3 is 2.54 bits per heavy atom. The van der Waals surface area contributed by atoms with Crippen LogP contribution in [0.3, 0.4) is 0 Å². The first kappa shape index (κ1) is 20.1. The molecule has 2 aromatic rings. The number of carbonyl (C=O) groups excluding carboxylic acids is 1. The van der Waals surface area contributed by atoms with E-state index in [1.54, 1.807) is 12.1 Å². The molecule has 2 aromatic carbocycles. The molecule has 138 valence electrons. The number of hydrogen-bond acceptors (Lipinski definition) is 3. The molecule has 0 spiro atoms. The molecule has 0 aliphatic heterocycles. The van der Waals surface area contributed by atoms with Crippen LogP contribution in [0.5, 0.6) is 0 Å². The van der Waals surface area contributed by atoms with Crippen LogP contribution in [0.4, 0.5) is 4.39 Å². The van der Waals surface area contributed by atoms with Gasteiger partial charge in [0.15, 0.2) is 0 Å². The summed E-state index contributed by atoms with van der Waals surface area (Å²) in [5, 5.41) is 2.71. The van der Waals surface area contributed by atoms with Gasteiger partial charge in [-0.3, -0.25) is 4.79 Å². The maximum Gasteiger partial charge on any atom is 0.251 e. The average Bonchev–Trinajstić information content (AvgIpc) is 2.62. The monoisotopic (exact) mass is 396 g/mol. The predicted molar refractivity (Wildman–Crippen MR) is 99.3 cm³/mol. The third-order valence-corrected chi connectivity index (χ3v) is 5.42. The number of amides is 1. The highest BCUT2D eigenvalue weighted by molar-refractivity contribution is 7.89. The van der Waals surface area contributed by atoms with Crippen LogP contribution in [0.2, 0.25) is 5.02 Å². The maximum atomic E-state index is 12.9. The highest BCUT2D eigenvalue weighted by atomic mass is 35.5. The molecule has 8 heteroatoms. The topological polar surface area (TPSA) is 75.3 Å². The van der Waals surface area contributed by atoms with Crippen molar-refractivity contribution in [1.29, 1.82) is 0 Å². The lowest BCUT2D eigenvalue weighted by Crippen LogP contribution is -2.27. The first-order chi connectivity index (χ1) is 12.3. The first-order valence-electron chi connectivity index (χ1n) is 7.76. The van der Waals surface area contributed by atoms with Gasteiger partial charge in [0, 0.05) is 18.7 Å². The summed E-state index contributed by atoms with van der Waals surface area (Å²) in [6.45, 7) is 3.82. The van der Waals surface area contributed by atoms with Crippen LogP contribution in [0.1, 0.15) is 15.9 Å². The van der Waals surface area contributed by atoms with Gasteiger partial charge in [0.2, 0.25) is 10.0 Å². The fourth-order valence-electron chi connectivity index (χ4n) is 2.17. The van der Waals surface area contributed by atoms with Gasteiger partial charge < -0.3 is 5.32 Å². The molecule has 26 heavy (non-hydrogen) atoms. The van der Waals surface area contributed by atoms with E-state index in [0.717, 1.165) is 5.56 Å². The minimum atomic E-state index is -3.85. The Hall–Kier alpha value is -2.22. The number of benzene rings is 2. The zero-order valence-corrected chi connectivity index (χ0v) is 15.4. The molecule has 0 bridgehead atoms. The van der Waals surface area contributed by atoms with Gasteiger partial charge in [-0.15, -0.1) is 6.58 Å². The Balaban J connectivity index is 2.05. The molecular formula is C18H18ClFN2O3S. The highest BCUT2D eigenvalue weighted by Gasteiger charge is 2.19. The number of carbonyl (C=O) groups is 1. The fourth-order valence-corrected chi connectivity index (χ4v) is 3.69. The number of halogens is 2. The molecule has 0 fully saturated rings. The Bertz CT molecular complexity index is 899. The number of sulfonamides is 1.